The van der Waals surface area contributed by atoms with Gasteiger partial charge in [-0.15, -0.1) is 6.58 Å². The second-order valence-corrected chi connectivity index (χ2v) is 5.26. The van der Waals surface area contributed by atoms with E-state index in [1.165, 1.54) is 0 Å². The molecule has 6 heteroatoms. The van der Waals surface area contributed by atoms with Crippen LogP contribution in [0, 0.1) is 5.92 Å². The molecule has 1 atom stereocenters. The summed E-state index contributed by atoms with van der Waals surface area (Å²) in [5.41, 5.74) is 1.14. The number of carboxylic acid groups (broad SMARTS) is 1. The van der Waals surface area contributed by atoms with Crippen LogP contribution in [0.5, 0.6) is 5.75 Å². The molecular weight excluding hydrogens is 303 g/mol. The van der Waals surface area contributed by atoms with Gasteiger partial charge in [0.15, 0.2) is 12.4 Å². The van der Waals surface area contributed by atoms with Crippen molar-refractivity contribution in [3.8, 4) is 5.75 Å². The average Bonchev–Trinajstić information content (AvgIpc) is 2.69. The molecule has 0 radical (unpaired) electrons. The minimum absolute atomic E-state index is 0.0587. The molecule has 0 spiro atoms. The molecule has 1 aromatic rings. The molecule has 1 aromatic carbocycles. The van der Waals surface area contributed by atoms with E-state index in [1.807, 2.05) is 0 Å². The molecule has 0 aliphatic heterocycles. The van der Waals surface area contributed by atoms with Crippen LogP contribution in [0.3, 0.4) is 0 Å². The number of carbonyl (C=O) groups is 2. The van der Waals surface area contributed by atoms with Gasteiger partial charge in [0.1, 0.15) is 10.8 Å². The molecule has 0 bridgehead atoms. The van der Waals surface area contributed by atoms with Gasteiger partial charge >= 0.3 is 5.97 Å². The summed E-state index contributed by atoms with van der Waals surface area (Å²) < 4.78 is 5.09. The summed E-state index contributed by atoms with van der Waals surface area (Å²) in [5, 5.41) is 8.81. The molecule has 106 valence electrons. The number of hydrogen-bond acceptors (Lipinski definition) is 3. The first-order valence-electron chi connectivity index (χ1n) is 5.96. The number of rotatable bonds is 5. The molecule has 4 nitrogen and oxygen atoms in total. The minimum Gasteiger partial charge on any atom is -0.480 e. The first kappa shape index (κ1) is 14.9. The minimum atomic E-state index is -1.11. The molecule has 1 aliphatic rings. The number of fused-ring (bicyclic) bond motifs is 1. The second-order valence-electron chi connectivity index (χ2n) is 4.51. The van der Waals surface area contributed by atoms with Crippen LogP contribution in [0.15, 0.2) is 18.7 Å². The van der Waals surface area contributed by atoms with Gasteiger partial charge in [0.05, 0.1) is 5.02 Å². The Hall–Kier alpha value is -1.52. The van der Waals surface area contributed by atoms with Gasteiger partial charge in [-0.25, -0.2) is 4.79 Å². The van der Waals surface area contributed by atoms with Gasteiger partial charge in [-0.3, -0.25) is 4.79 Å². The number of ketones is 1. The summed E-state index contributed by atoms with van der Waals surface area (Å²) in [7, 11) is 0. The molecule has 1 aliphatic carbocycles. The Labute approximate surface area is 125 Å². The van der Waals surface area contributed by atoms with E-state index in [4.69, 9.17) is 33.0 Å². The van der Waals surface area contributed by atoms with Gasteiger partial charge in [-0.1, -0.05) is 29.3 Å². The summed E-state index contributed by atoms with van der Waals surface area (Å²) in [5.74, 6) is -1.18. The molecular formula is C14H12Cl2O4. The van der Waals surface area contributed by atoms with Crippen molar-refractivity contribution in [2.45, 2.75) is 12.8 Å². The maximum Gasteiger partial charge on any atom is 0.341 e. The van der Waals surface area contributed by atoms with Crippen molar-refractivity contribution in [2.75, 3.05) is 6.61 Å². The highest BCUT2D eigenvalue weighted by atomic mass is 35.5. The third kappa shape index (κ3) is 2.67. The molecule has 0 saturated heterocycles. The van der Waals surface area contributed by atoms with Gasteiger partial charge in [-0.2, -0.15) is 0 Å². The maximum absolute atomic E-state index is 12.2. The van der Waals surface area contributed by atoms with Crippen molar-refractivity contribution in [3.63, 3.8) is 0 Å². The third-order valence-corrected chi connectivity index (χ3v) is 3.99. The van der Waals surface area contributed by atoms with Crippen LogP contribution in [0.1, 0.15) is 22.3 Å². The average molecular weight is 315 g/mol. The number of aliphatic carboxylic acids is 1. The summed E-state index contributed by atoms with van der Waals surface area (Å²) in [6, 6.07) is 1.59. The molecule has 20 heavy (non-hydrogen) atoms. The number of carboxylic acids is 1. The van der Waals surface area contributed by atoms with E-state index in [0.717, 1.165) is 5.56 Å². The molecule has 2 rings (SSSR count). The van der Waals surface area contributed by atoms with Crippen LogP contribution in [0.25, 0.3) is 0 Å². The van der Waals surface area contributed by atoms with E-state index in [-0.39, 0.29) is 27.5 Å². The Morgan fingerprint density at radius 2 is 2.20 bits per heavy atom. The number of allylic oxidation sites excluding steroid dienone is 1. The number of carbonyl (C=O) groups excluding carboxylic acids is 1. The number of ether oxygens (including phenoxy) is 1. The highest BCUT2D eigenvalue weighted by Gasteiger charge is 2.33. The van der Waals surface area contributed by atoms with Crippen LogP contribution in [0.4, 0.5) is 0 Å². The number of halogens is 2. The third-order valence-electron chi connectivity index (χ3n) is 3.14. The van der Waals surface area contributed by atoms with Gasteiger partial charge < -0.3 is 9.84 Å². The van der Waals surface area contributed by atoms with Gasteiger partial charge in [-0.05, 0) is 24.5 Å². The van der Waals surface area contributed by atoms with Crippen LogP contribution in [0.2, 0.25) is 10.0 Å². The fourth-order valence-corrected chi connectivity index (χ4v) is 2.79. The van der Waals surface area contributed by atoms with Crippen molar-refractivity contribution in [1.82, 2.24) is 0 Å². The zero-order chi connectivity index (χ0) is 14.9. The highest BCUT2D eigenvalue weighted by molar-refractivity contribution is 6.45. The maximum atomic E-state index is 12.2. The van der Waals surface area contributed by atoms with E-state index in [1.54, 1.807) is 12.1 Å². The van der Waals surface area contributed by atoms with Crippen LogP contribution in [-0.2, 0) is 11.2 Å². The first-order chi connectivity index (χ1) is 9.45. The van der Waals surface area contributed by atoms with Gasteiger partial charge in [0.2, 0.25) is 0 Å². The zero-order valence-corrected chi connectivity index (χ0v) is 12.0. The molecule has 1 unspecified atom stereocenters. The van der Waals surface area contributed by atoms with E-state index < -0.39 is 12.6 Å². The summed E-state index contributed by atoms with van der Waals surface area (Å²) >= 11 is 12.1. The van der Waals surface area contributed by atoms with Crippen molar-refractivity contribution in [1.29, 1.82) is 0 Å². The van der Waals surface area contributed by atoms with Gasteiger partial charge in [0.25, 0.3) is 0 Å². The van der Waals surface area contributed by atoms with Crippen molar-refractivity contribution in [3.05, 3.63) is 39.9 Å². The highest BCUT2D eigenvalue weighted by Crippen LogP contribution is 2.42. The quantitative estimate of drug-likeness (QED) is 0.846. The van der Waals surface area contributed by atoms with Crippen molar-refractivity contribution < 1.29 is 19.4 Å². The smallest absolute Gasteiger partial charge is 0.341 e. The zero-order valence-electron chi connectivity index (χ0n) is 10.5. The van der Waals surface area contributed by atoms with Gasteiger partial charge in [0, 0.05) is 11.5 Å². The van der Waals surface area contributed by atoms with Crippen molar-refractivity contribution in [2.24, 2.45) is 5.92 Å². The van der Waals surface area contributed by atoms with Crippen LogP contribution < -0.4 is 4.74 Å². The van der Waals surface area contributed by atoms with Crippen LogP contribution >= 0.6 is 23.2 Å². The Bertz CT molecular complexity index is 595. The lowest BCUT2D eigenvalue weighted by molar-refractivity contribution is -0.139. The Morgan fingerprint density at radius 1 is 1.50 bits per heavy atom. The lowest BCUT2D eigenvalue weighted by atomic mass is 10.0. The molecule has 0 aromatic heterocycles. The lowest BCUT2D eigenvalue weighted by Crippen LogP contribution is -2.10. The topological polar surface area (TPSA) is 63.6 Å². The fraction of sp³-hybridized carbons (Fsp3) is 0.286. The Morgan fingerprint density at radius 3 is 2.80 bits per heavy atom. The van der Waals surface area contributed by atoms with E-state index >= 15 is 0 Å². The predicted octanol–water partition coefficient (Wildman–Crippen LogP) is 3.39. The van der Waals surface area contributed by atoms with E-state index in [0.29, 0.717) is 18.4 Å². The number of Topliss-reactive ketones (excluding diaryl/α,β-unsaturated/α-hetero) is 1. The van der Waals surface area contributed by atoms with E-state index in [2.05, 4.69) is 6.58 Å². The normalized spacial score (nSPS) is 16.9. The van der Waals surface area contributed by atoms with Crippen LogP contribution in [-0.4, -0.2) is 23.5 Å². The SMILES string of the molecule is C=CCC1Cc2cc(OCC(=O)O)c(Cl)c(Cl)c2C1=O. The molecule has 0 heterocycles. The number of hydrogen-bond donors (Lipinski definition) is 1. The lowest BCUT2D eigenvalue weighted by Gasteiger charge is -2.10. The summed E-state index contributed by atoms with van der Waals surface area (Å²) in [4.78, 5) is 22.7. The first-order valence-corrected chi connectivity index (χ1v) is 6.71. The fourth-order valence-electron chi connectivity index (χ4n) is 2.28. The van der Waals surface area contributed by atoms with E-state index in [9.17, 15) is 9.59 Å². The Kier molecular flexibility index (Phi) is 4.35. The standard InChI is InChI=1S/C14H12Cl2O4/c1-2-3-7-4-8-5-9(20-6-10(17)18)12(15)13(16)11(8)14(7)19/h2,5,7H,1,3-4,6H2,(H,17,18). The number of benzene rings is 1. The molecule has 0 saturated carbocycles. The second kappa shape index (κ2) is 5.85. The Balaban J connectivity index is 2.37. The largest absolute Gasteiger partial charge is 0.480 e. The molecule has 0 amide bonds. The molecule has 1 N–H and O–H groups in total. The monoisotopic (exact) mass is 314 g/mol. The van der Waals surface area contributed by atoms with Crippen molar-refractivity contribution >= 4 is 35.0 Å². The molecule has 0 fully saturated rings. The summed E-state index contributed by atoms with van der Waals surface area (Å²) in [6.45, 7) is 3.11. The predicted molar refractivity (Wildman–Crippen MR) is 75.9 cm³/mol. The summed E-state index contributed by atoms with van der Waals surface area (Å²) in [6.07, 6.45) is 2.78.